The average molecular weight is 312 g/mol. The van der Waals surface area contributed by atoms with E-state index in [1.165, 1.54) is 12.1 Å². The lowest BCUT2D eigenvalue weighted by Crippen LogP contribution is -2.12. The van der Waals surface area contributed by atoms with Gasteiger partial charge >= 0.3 is 5.97 Å². The molecule has 0 saturated carbocycles. The summed E-state index contributed by atoms with van der Waals surface area (Å²) in [5.74, 6) is -1.28. The molecule has 0 radical (unpaired) electrons. The van der Waals surface area contributed by atoms with Crippen LogP contribution in [0.2, 0.25) is 0 Å². The monoisotopic (exact) mass is 312 g/mol. The second-order valence-corrected chi connectivity index (χ2v) is 5.59. The Morgan fingerprint density at radius 3 is 2.52 bits per heavy atom. The van der Waals surface area contributed by atoms with Gasteiger partial charge in [0.1, 0.15) is 18.1 Å². The minimum absolute atomic E-state index is 0.0153. The molecule has 2 rings (SSSR count). The standard InChI is InChI=1S/C19H20O4/c1-13(2)8-18(19(21)22)15-9-16(20)11-17(10-15)23-12-14-6-4-3-5-7-14/h3-7,9-11,18,20H,1,8,12H2,2H3,(H,21,22). The number of rotatable bonds is 7. The van der Waals surface area contributed by atoms with E-state index in [0.717, 1.165) is 11.1 Å². The molecule has 2 aromatic carbocycles. The first kappa shape index (κ1) is 16.6. The summed E-state index contributed by atoms with van der Waals surface area (Å²) in [6.07, 6.45) is 0.316. The van der Waals surface area contributed by atoms with E-state index < -0.39 is 11.9 Å². The molecule has 0 amide bonds. The molecular formula is C19H20O4. The van der Waals surface area contributed by atoms with E-state index in [-0.39, 0.29) is 5.75 Å². The second kappa shape index (κ2) is 7.49. The first-order valence-corrected chi connectivity index (χ1v) is 7.33. The van der Waals surface area contributed by atoms with Gasteiger partial charge in [0, 0.05) is 6.07 Å². The Morgan fingerprint density at radius 2 is 1.91 bits per heavy atom. The maximum Gasteiger partial charge on any atom is 0.311 e. The van der Waals surface area contributed by atoms with Crippen molar-refractivity contribution >= 4 is 5.97 Å². The largest absolute Gasteiger partial charge is 0.508 e. The lowest BCUT2D eigenvalue weighted by Gasteiger charge is -2.15. The quantitative estimate of drug-likeness (QED) is 0.755. The topological polar surface area (TPSA) is 66.8 Å². The third-order valence-corrected chi connectivity index (χ3v) is 3.41. The predicted molar refractivity (Wildman–Crippen MR) is 88.7 cm³/mol. The molecular weight excluding hydrogens is 292 g/mol. The predicted octanol–water partition coefficient (Wildman–Crippen LogP) is 4.11. The molecule has 0 fully saturated rings. The van der Waals surface area contributed by atoms with Crippen LogP contribution in [0.3, 0.4) is 0 Å². The number of carboxylic acids is 1. The molecule has 0 aliphatic heterocycles. The van der Waals surface area contributed by atoms with Gasteiger partial charge in [-0.3, -0.25) is 4.79 Å². The van der Waals surface area contributed by atoms with E-state index in [9.17, 15) is 15.0 Å². The Balaban J connectivity index is 2.20. The second-order valence-electron chi connectivity index (χ2n) is 5.59. The molecule has 23 heavy (non-hydrogen) atoms. The van der Waals surface area contributed by atoms with Crippen molar-refractivity contribution in [3.8, 4) is 11.5 Å². The molecule has 2 aromatic rings. The zero-order valence-corrected chi connectivity index (χ0v) is 13.0. The van der Waals surface area contributed by atoms with Crippen LogP contribution in [0.4, 0.5) is 0 Å². The number of benzene rings is 2. The van der Waals surface area contributed by atoms with Crippen LogP contribution in [0.15, 0.2) is 60.7 Å². The van der Waals surface area contributed by atoms with Crippen molar-refractivity contribution < 1.29 is 19.7 Å². The molecule has 4 nitrogen and oxygen atoms in total. The Kier molecular flexibility index (Phi) is 5.41. The van der Waals surface area contributed by atoms with Crippen molar-refractivity contribution in [1.82, 2.24) is 0 Å². The molecule has 0 bridgehead atoms. The van der Waals surface area contributed by atoms with Crippen LogP contribution in [0.25, 0.3) is 0 Å². The maximum atomic E-state index is 11.5. The number of allylic oxidation sites excluding steroid dienone is 1. The zero-order valence-electron chi connectivity index (χ0n) is 13.0. The van der Waals surface area contributed by atoms with Gasteiger partial charge in [-0.2, -0.15) is 0 Å². The first-order valence-electron chi connectivity index (χ1n) is 7.33. The van der Waals surface area contributed by atoms with Crippen LogP contribution in [-0.2, 0) is 11.4 Å². The Morgan fingerprint density at radius 1 is 1.22 bits per heavy atom. The Bertz CT molecular complexity index is 692. The van der Waals surface area contributed by atoms with E-state index in [1.54, 1.807) is 13.0 Å². The molecule has 2 N–H and O–H groups in total. The molecule has 120 valence electrons. The van der Waals surface area contributed by atoms with E-state index in [2.05, 4.69) is 6.58 Å². The van der Waals surface area contributed by atoms with Crippen LogP contribution < -0.4 is 4.74 Å². The molecule has 0 heterocycles. The fourth-order valence-electron chi connectivity index (χ4n) is 2.33. The van der Waals surface area contributed by atoms with E-state index in [4.69, 9.17) is 4.74 Å². The molecule has 0 aliphatic carbocycles. The zero-order chi connectivity index (χ0) is 16.8. The molecule has 0 aliphatic rings. The number of carboxylic acid groups (broad SMARTS) is 1. The molecule has 1 unspecified atom stereocenters. The highest BCUT2D eigenvalue weighted by Gasteiger charge is 2.21. The van der Waals surface area contributed by atoms with Gasteiger partial charge in [0.05, 0.1) is 5.92 Å². The fourth-order valence-corrected chi connectivity index (χ4v) is 2.33. The van der Waals surface area contributed by atoms with Gasteiger partial charge in [-0.25, -0.2) is 0 Å². The van der Waals surface area contributed by atoms with Crippen molar-refractivity contribution in [3.05, 3.63) is 71.8 Å². The number of hydrogen-bond donors (Lipinski definition) is 2. The van der Waals surface area contributed by atoms with Gasteiger partial charge in [0.15, 0.2) is 0 Å². The van der Waals surface area contributed by atoms with Gasteiger partial charge in [-0.05, 0) is 36.6 Å². The summed E-state index contributed by atoms with van der Waals surface area (Å²) in [4.78, 5) is 11.5. The van der Waals surface area contributed by atoms with E-state index >= 15 is 0 Å². The summed E-state index contributed by atoms with van der Waals surface area (Å²) in [6, 6.07) is 14.2. The number of phenols is 1. The van der Waals surface area contributed by atoms with Gasteiger partial charge in [-0.1, -0.05) is 35.9 Å². The maximum absolute atomic E-state index is 11.5. The third kappa shape index (κ3) is 4.88. The summed E-state index contributed by atoms with van der Waals surface area (Å²) < 4.78 is 5.67. The van der Waals surface area contributed by atoms with Crippen LogP contribution in [-0.4, -0.2) is 16.2 Å². The summed E-state index contributed by atoms with van der Waals surface area (Å²) in [6.45, 7) is 5.90. The first-order chi connectivity index (χ1) is 11.0. The third-order valence-electron chi connectivity index (χ3n) is 3.41. The Hall–Kier alpha value is -2.75. The van der Waals surface area contributed by atoms with Crippen LogP contribution in [0.5, 0.6) is 11.5 Å². The highest BCUT2D eigenvalue weighted by Crippen LogP contribution is 2.31. The van der Waals surface area contributed by atoms with E-state index in [0.29, 0.717) is 24.3 Å². The number of aromatic hydroxyl groups is 1. The molecule has 0 spiro atoms. The number of aliphatic carboxylic acids is 1. The highest BCUT2D eigenvalue weighted by atomic mass is 16.5. The van der Waals surface area contributed by atoms with Gasteiger partial charge in [0.2, 0.25) is 0 Å². The van der Waals surface area contributed by atoms with Crippen LogP contribution in [0, 0.1) is 0 Å². The molecule has 4 heteroatoms. The summed E-state index contributed by atoms with van der Waals surface area (Å²) in [5.41, 5.74) is 2.27. The Labute approximate surface area is 135 Å². The molecule has 1 atom stereocenters. The average Bonchev–Trinajstić information content (AvgIpc) is 2.50. The van der Waals surface area contributed by atoms with Crippen molar-refractivity contribution in [2.45, 2.75) is 25.9 Å². The lowest BCUT2D eigenvalue weighted by atomic mass is 9.92. The van der Waals surface area contributed by atoms with Crippen molar-refractivity contribution in [2.75, 3.05) is 0 Å². The van der Waals surface area contributed by atoms with Gasteiger partial charge in [0.25, 0.3) is 0 Å². The minimum Gasteiger partial charge on any atom is -0.508 e. The van der Waals surface area contributed by atoms with Gasteiger partial charge < -0.3 is 14.9 Å². The van der Waals surface area contributed by atoms with Crippen molar-refractivity contribution in [2.24, 2.45) is 0 Å². The SMILES string of the molecule is C=C(C)CC(C(=O)O)c1cc(O)cc(OCc2ccccc2)c1. The highest BCUT2D eigenvalue weighted by molar-refractivity contribution is 5.77. The minimum atomic E-state index is -0.951. The van der Waals surface area contributed by atoms with Crippen LogP contribution >= 0.6 is 0 Å². The summed E-state index contributed by atoms with van der Waals surface area (Å²) >= 11 is 0. The smallest absolute Gasteiger partial charge is 0.311 e. The van der Waals surface area contributed by atoms with Crippen molar-refractivity contribution in [1.29, 1.82) is 0 Å². The fraction of sp³-hybridized carbons (Fsp3) is 0.211. The van der Waals surface area contributed by atoms with Crippen LogP contribution in [0.1, 0.15) is 30.4 Å². The lowest BCUT2D eigenvalue weighted by molar-refractivity contribution is -0.138. The van der Waals surface area contributed by atoms with Crippen molar-refractivity contribution in [3.63, 3.8) is 0 Å². The normalized spacial score (nSPS) is 11.7. The summed E-state index contributed by atoms with van der Waals surface area (Å²) in [7, 11) is 0. The summed E-state index contributed by atoms with van der Waals surface area (Å²) in [5, 5.41) is 19.3. The number of hydrogen-bond acceptors (Lipinski definition) is 3. The molecule has 0 saturated heterocycles. The number of ether oxygens (including phenoxy) is 1. The number of carbonyl (C=O) groups is 1. The molecule has 0 aromatic heterocycles. The van der Waals surface area contributed by atoms with E-state index in [1.807, 2.05) is 30.3 Å². The number of phenolic OH excluding ortho intramolecular Hbond substituents is 1. The van der Waals surface area contributed by atoms with Gasteiger partial charge in [-0.15, -0.1) is 6.58 Å².